The van der Waals surface area contributed by atoms with E-state index in [0.29, 0.717) is 16.8 Å². The molecule has 1 aromatic carbocycles. The predicted octanol–water partition coefficient (Wildman–Crippen LogP) is 4.41. The lowest BCUT2D eigenvalue weighted by atomic mass is 10.2. The summed E-state index contributed by atoms with van der Waals surface area (Å²) in [5.74, 6) is 0.954. The second-order valence-electron chi connectivity index (χ2n) is 4.72. The summed E-state index contributed by atoms with van der Waals surface area (Å²) in [6.07, 6.45) is 4.01. The molecule has 3 aromatic rings. The molecule has 6 heteroatoms. The van der Waals surface area contributed by atoms with E-state index in [1.54, 1.807) is 18.5 Å². The number of hydrogen-bond donors (Lipinski definition) is 0. The Morgan fingerprint density at radius 1 is 1.38 bits per heavy atom. The first-order valence-electron chi connectivity index (χ1n) is 6.45. The summed E-state index contributed by atoms with van der Waals surface area (Å²) in [5, 5.41) is 0. The van der Waals surface area contributed by atoms with Gasteiger partial charge in [0.05, 0.1) is 21.9 Å². The van der Waals surface area contributed by atoms with Crippen LogP contribution in [0.2, 0.25) is 0 Å². The normalized spacial score (nSPS) is 11.2. The van der Waals surface area contributed by atoms with Crippen molar-refractivity contribution in [3.63, 3.8) is 0 Å². The van der Waals surface area contributed by atoms with Crippen LogP contribution in [-0.4, -0.2) is 20.4 Å². The van der Waals surface area contributed by atoms with E-state index < -0.39 is 0 Å². The molecular weight excluding hydrogens is 357 g/mol. The molecule has 0 saturated heterocycles. The predicted molar refractivity (Wildman–Crippen MR) is 85.7 cm³/mol. The van der Waals surface area contributed by atoms with Crippen molar-refractivity contribution in [3.05, 3.63) is 52.3 Å². The summed E-state index contributed by atoms with van der Waals surface area (Å²) in [6, 6.07) is 5.15. The van der Waals surface area contributed by atoms with Crippen LogP contribution in [0.15, 0.2) is 35.1 Å². The minimum Gasteiger partial charge on any atom is -0.296 e. The van der Waals surface area contributed by atoms with Crippen molar-refractivity contribution in [2.45, 2.75) is 13.3 Å². The van der Waals surface area contributed by atoms with Crippen LogP contribution in [0.3, 0.4) is 0 Å². The maximum atomic E-state index is 13.9. The Morgan fingerprint density at radius 2 is 2.19 bits per heavy atom. The van der Waals surface area contributed by atoms with E-state index in [1.807, 2.05) is 17.6 Å². The van der Waals surface area contributed by atoms with Crippen molar-refractivity contribution in [2.75, 3.05) is 5.88 Å². The molecule has 21 heavy (non-hydrogen) atoms. The van der Waals surface area contributed by atoms with Crippen molar-refractivity contribution in [2.24, 2.45) is 0 Å². The SMILES string of the molecule is Cc1cc(Br)c(F)cc1-n1c(CCCl)nc2cnccc21. The van der Waals surface area contributed by atoms with Crippen molar-refractivity contribution in [3.8, 4) is 5.69 Å². The number of rotatable bonds is 3. The van der Waals surface area contributed by atoms with Gasteiger partial charge >= 0.3 is 0 Å². The molecule has 0 spiro atoms. The Labute approximate surface area is 134 Å². The third-order valence-electron chi connectivity index (χ3n) is 3.32. The molecule has 0 saturated carbocycles. The van der Waals surface area contributed by atoms with Crippen LogP contribution in [0.5, 0.6) is 0 Å². The number of aromatic nitrogens is 3. The summed E-state index contributed by atoms with van der Waals surface area (Å²) in [7, 11) is 0. The molecule has 0 aliphatic rings. The fraction of sp³-hybridized carbons (Fsp3) is 0.200. The van der Waals surface area contributed by atoms with Gasteiger partial charge in [0, 0.05) is 18.5 Å². The average Bonchev–Trinajstić information content (AvgIpc) is 2.81. The summed E-state index contributed by atoms with van der Waals surface area (Å²) >= 11 is 9.08. The number of halogens is 3. The van der Waals surface area contributed by atoms with Crippen LogP contribution in [0.1, 0.15) is 11.4 Å². The highest BCUT2D eigenvalue weighted by Crippen LogP contribution is 2.27. The van der Waals surface area contributed by atoms with Gasteiger partial charge in [0.2, 0.25) is 0 Å². The molecule has 0 unspecified atom stereocenters. The van der Waals surface area contributed by atoms with Gasteiger partial charge in [-0.05, 0) is 46.6 Å². The fourth-order valence-electron chi connectivity index (χ4n) is 2.38. The van der Waals surface area contributed by atoms with E-state index in [4.69, 9.17) is 11.6 Å². The zero-order chi connectivity index (χ0) is 15.0. The topological polar surface area (TPSA) is 30.7 Å². The number of aryl methyl sites for hydroxylation is 2. The highest BCUT2D eigenvalue weighted by atomic mass is 79.9. The van der Waals surface area contributed by atoms with Crippen LogP contribution < -0.4 is 0 Å². The molecule has 0 atom stereocenters. The van der Waals surface area contributed by atoms with E-state index in [2.05, 4.69) is 25.9 Å². The second kappa shape index (κ2) is 5.73. The summed E-state index contributed by atoms with van der Waals surface area (Å²) < 4.78 is 16.4. The summed E-state index contributed by atoms with van der Waals surface area (Å²) in [5.41, 5.74) is 3.40. The van der Waals surface area contributed by atoms with Gasteiger partial charge in [0.25, 0.3) is 0 Å². The summed E-state index contributed by atoms with van der Waals surface area (Å²) in [4.78, 5) is 8.64. The van der Waals surface area contributed by atoms with Gasteiger partial charge in [-0.15, -0.1) is 11.6 Å². The quantitative estimate of drug-likeness (QED) is 0.641. The second-order valence-corrected chi connectivity index (χ2v) is 5.95. The molecule has 0 aliphatic carbocycles. The largest absolute Gasteiger partial charge is 0.296 e. The first kappa shape index (κ1) is 14.5. The van der Waals surface area contributed by atoms with Gasteiger partial charge in [-0.25, -0.2) is 9.37 Å². The Balaban J connectivity index is 2.32. The average molecular weight is 369 g/mol. The zero-order valence-electron chi connectivity index (χ0n) is 11.3. The maximum Gasteiger partial charge on any atom is 0.139 e. The molecule has 0 N–H and O–H groups in total. The fourth-order valence-corrected chi connectivity index (χ4v) is 3.01. The van der Waals surface area contributed by atoms with Gasteiger partial charge in [0.15, 0.2) is 0 Å². The summed E-state index contributed by atoms with van der Waals surface area (Å²) in [6.45, 7) is 1.94. The van der Waals surface area contributed by atoms with Crippen LogP contribution in [0, 0.1) is 12.7 Å². The van der Waals surface area contributed by atoms with Gasteiger partial charge < -0.3 is 0 Å². The lowest BCUT2D eigenvalue weighted by Gasteiger charge is -2.12. The van der Waals surface area contributed by atoms with Crippen molar-refractivity contribution >= 4 is 38.6 Å². The van der Waals surface area contributed by atoms with E-state index in [-0.39, 0.29) is 5.82 Å². The third-order valence-corrected chi connectivity index (χ3v) is 4.12. The number of nitrogens with zero attached hydrogens (tertiary/aromatic N) is 3. The smallest absolute Gasteiger partial charge is 0.139 e. The van der Waals surface area contributed by atoms with Crippen LogP contribution >= 0.6 is 27.5 Å². The van der Waals surface area contributed by atoms with Crippen LogP contribution in [0.4, 0.5) is 4.39 Å². The Hall–Kier alpha value is -1.46. The zero-order valence-corrected chi connectivity index (χ0v) is 13.6. The number of benzene rings is 1. The molecule has 108 valence electrons. The number of hydrogen-bond acceptors (Lipinski definition) is 2. The molecular formula is C15H12BrClFN3. The molecule has 0 amide bonds. The molecule has 3 rings (SSSR count). The van der Waals surface area contributed by atoms with Gasteiger partial charge in [0.1, 0.15) is 17.2 Å². The third kappa shape index (κ3) is 2.56. The molecule has 3 nitrogen and oxygen atoms in total. The first-order valence-corrected chi connectivity index (χ1v) is 7.78. The van der Waals surface area contributed by atoms with E-state index in [1.165, 1.54) is 6.07 Å². The van der Waals surface area contributed by atoms with E-state index in [9.17, 15) is 4.39 Å². The minimum atomic E-state index is -0.302. The Morgan fingerprint density at radius 3 is 2.95 bits per heavy atom. The van der Waals surface area contributed by atoms with E-state index >= 15 is 0 Å². The molecule has 2 aromatic heterocycles. The van der Waals surface area contributed by atoms with Crippen molar-refractivity contribution < 1.29 is 4.39 Å². The molecule has 0 fully saturated rings. The van der Waals surface area contributed by atoms with E-state index in [0.717, 1.165) is 28.1 Å². The monoisotopic (exact) mass is 367 g/mol. The standard InChI is InChI=1S/C15H12BrClFN3/c1-9-6-10(16)11(18)7-14(9)21-13-3-5-19-8-12(13)20-15(21)2-4-17/h3,5-8H,2,4H2,1H3. The maximum absolute atomic E-state index is 13.9. The Kier molecular flexibility index (Phi) is 3.95. The van der Waals surface area contributed by atoms with Gasteiger partial charge in [-0.2, -0.15) is 0 Å². The highest BCUT2D eigenvalue weighted by Gasteiger charge is 2.15. The number of imidazole rings is 1. The minimum absolute atomic E-state index is 0.302. The molecule has 2 heterocycles. The van der Waals surface area contributed by atoms with Crippen LogP contribution in [0.25, 0.3) is 16.7 Å². The Bertz CT molecular complexity index is 816. The first-order chi connectivity index (χ1) is 10.1. The number of pyridine rings is 1. The molecule has 0 bridgehead atoms. The number of fused-ring (bicyclic) bond motifs is 1. The van der Waals surface area contributed by atoms with Gasteiger partial charge in [-0.1, -0.05) is 0 Å². The molecule has 0 aliphatic heterocycles. The van der Waals surface area contributed by atoms with Crippen molar-refractivity contribution in [1.82, 2.24) is 14.5 Å². The highest BCUT2D eigenvalue weighted by molar-refractivity contribution is 9.10. The lowest BCUT2D eigenvalue weighted by Crippen LogP contribution is -2.05. The van der Waals surface area contributed by atoms with Crippen molar-refractivity contribution in [1.29, 1.82) is 0 Å². The van der Waals surface area contributed by atoms with Crippen LogP contribution in [-0.2, 0) is 6.42 Å². The lowest BCUT2D eigenvalue weighted by molar-refractivity contribution is 0.619. The van der Waals surface area contributed by atoms with Gasteiger partial charge in [-0.3, -0.25) is 9.55 Å². The molecule has 0 radical (unpaired) electrons. The number of alkyl halides is 1.